The number of thioether (sulfide) groups is 1. The van der Waals surface area contributed by atoms with Crippen LogP contribution < -0.4 is 11.1 Å². The summed E-state index contributed by atoms with van der Waals surface area (Å²) in [5.74, 6) is -0.513. The van der Waals surface area contributed by atoms with Crippen molar-refractivity contribution in [2.24, 2.45) is 0 Å². The van der Waals surface area contributed by atoms with E-state index in [4.69, 9.17) is 5.73 Å². The summed E-state index contributed by atoms with van der Waals surface area (Å²) in [6.07, 6.45) is 0. The standard InChI is InChI=1S/C14H11Br2FN2OS/c15-8-1-3-12(10(16)5-8)19-14(20)7-21-13-4-2-9(18)6-11(13)17/h1-6H,7,18H2,(H,19,20). The van der Waals surface area contributed by atoms with Gasteiger partial charge < -0.3 is 11.1 Å². The molecule has 3 N–H and O–H groups in total. The van der Waals surface area contributed by atoms with E-state index in [0.717, 1.165) is 20.7 Å². The molecule has 0 atom stereocenters. The number of halogens is 3. The first-order valence-electron chi connectivity index (χ1n) is 5.88. The predicted molar refractivity (Wildman–Crippen MR) is 92.0 cm³/mol. The molecule has 0 saturated carbocycles. The van der Waals surface area contributed by atoms with Gasteiger partial charge in [0.25, 0.3) is 0 Å². The molecule has 0 spiro atoms. The van der Waals surface area contributed by atoms with Gasteiger partial charge >= 0.3 is 0 Å². The van der Waals surface area contributed by atoms with E-state index < -0.39 is 5.82 Å². The van der Waals surface area contributed by atoms with E-state index in [0.29, 0.717) is 16.3 Å². The van der Waals surface area contributed by atoms with Crippen LogP contribution in [0.25, 0.3) is 0 Å². The van der Waals surface area contributed by atoms with Crippen LogP contribution in [0.3, 0.4) is 0 Å². The van der Waals surface area contributed by atoms with Crippen molar-refractivity contribution in [3.63, 3.8) is 0 Å². The van der Waals surface area contributed by atoms with Crippen molar-refractivity contribution < 1.29 is 9.18 Å². The normalized spacial score (nSPS) is 10.4. The fourth-order valence-electron chi connectivity index (χ4n) is 1.55. The second kappa shape index (κ2) is 7.29. The molecule has 0 saturated heterocycles. The van der Waals surface area contributed by atoms with Crippen molar-refractivity contribution in [2.45, 2.75) is 4.90 Å². The zero-order valence-corrected chi connectivity index (χ0v) is 14.7. The zero-order chi connectivity index (χ0) is 15.4. The maximum absolute atomic E-state index is 13.6. The molecule has 0 unspecified atom stereocenters. The van der Waals surface area contributed by atoms with Crippen LogP contribution in [0.4, 0.5) is 15.8 Å². The van der Waals surface area contributed by atoms with Gasteiger partial charge in [0.05, 0.1) is 11.4 Å². The lowest BCUT2D eigenvalue weighted by Crippen LogP contribution is -2.14. The number of rotatable bonds is 4. The van der Waals surface area contributed by atoms with Crippen molar-refractivity contribution in [3.05, 3.63) is 51.2 Å². The summed E-state index contributed by atoms with van der Waals surface area (Å²) in [7, 11) is 0. The second-order valence-electron chi connectivity index (χ2n) is 4.15. The van der Waals surface area contributed by atoms with Crippen LogP contribution in [0.5, 0.6) is 0 Å². The van der Waals surface area contributed by atoms with Gasteiger partial charge in [-0.2, -0.15) is 0 Å². The highest BCUT2D eigenvalue weighted by Gasteiger charge is 2.09. The fourth-order valence-corrected chi connectivity index (χ4v) is 3.42. The summed E-state index contributed by atoms with van der Waals surface area (Å²) in [6.45, 7) is 0. The Labute approximate surface area is 142 Å². The van der Waals surface area contributed by atoms with Gasteiger partial charge in [-0.15, -0.1) is 11.8 Å². The quantitative estimate of drug-likeness (QED) is 0.544. The second-order valence-corrected chi connectivity index (χ2v) is 6.94. The van der Waals surface area contributed by atoms with Crippen LogP contribution >= 0.6 is 43.6 Å². The van der Waals surface area contributed by atoms with Crippen LogP contribution in [0.2, 0.25) is 0 Å². The highest BCUT2D eigenvalue weighted by Crippen LogP contribution is 2.27. The predicted octanol–water partition coefficient (Wildman–Crippen LogP) is 4.66. The number of hydrogen-bond donors (Lipinski definition) is 2. The van der Waals surface area contributed by atoms with Gasteiger partial charge in [0, 0.05) is 19.5 Å². The van der Waals surface area contributed by atoms with Gasteiger partial charge in [0.2, 0.25) is 5.91 Å². The average molecular weight is 434 g/mol. The van der Waals surface area contributed by atoms with Crippen molar-refractivity contribution in [1.29, 1.82) is 0 Å². The number of hydrogen-bond acceptors (Lipinski definition) is 3. The number of nitrogens with one attached hydrogen (secondary N) is 1. The Kier molecular flexibility index (Phi) is 5.66. The van der Waals surface area contributed by atoms with Gasteiger partial charge in [-0.3, -0.25) is 4.79 Å². The number of benzene rings is 2. The molecule has 0 fully saturated rings. The Hall–Kier alpha value is -1.05. The van der Waals surface area contributed by atoms with Gasteiger partial charge in [0.1, 0.15) is 5.82 Å². The Morgan fingerprint density at radius 2 is 2.00 bits per heavy atom. The molecule has 1 amide bonds. The molecule has 0 heterocycles. The van der Waals surface area contributed by atoms with Crippen LogP contribution in [-0.2, 0) is 4.79 Å². The molecular formula is C14H11Br2FN2OS. The van der Waals surface area contributed by atoms with Crippen molar-refractivity contribution in [2.75, 3.05) is 16.8 Å². The monoisotopic (exact) mass is 432 g/mol. The van der Waals surface area contributed by atoms with E-state index in [1.807, 2.05) is 12.1 Å². The molecule has 0 aliphatic carbocycles. The number of nitrogen functional groups attached to an aromatic ring is 1. The van der Waals surface area contributed by atoms with Crippen molar-refractivity contribution >= 4 is 60.9 Å². The van der Waals surface area contributed by atoms with E-state index in [1.165, 1.54) is 6.07 Å². The molecule has 0 aromatic heterocycles. The molecule has 0 radical (unpaired) electrons. The third-order valence-corrected chi connectivity index (χ3v) is 4.72. The molecule has 21 heavy (non-hydrogen) atoms. The lowest BCUT2D eigenvalue weighted by atomic mass is 10.3. The number of carbonyl (C=O) groups is 1. The zero-order valence-electron chi connectivity index (χ0n) is 10.7. The smallest absolute Gasteiger partial charge is 0.234 e. The maximum Gasteiger partial charge on any atom is 0.234 e. The SMILES string of the molecule is Nc1ccc(SCC(=O)Nc2ccc(Br)cc2Br)c(F)c1. The molecule has 2 rings (SSSR count). The molecular weight excluding hydrogens is 423 g/mol. The summed E-state index contributed by atoms with van der Waals surface area (Å²) in [4.78, 5) is 12.3. The molecule has 2 aromatic carbocycles. The largest absolute Gasteiger partial charge is 0.399 e. The summed E-state index contributed by atoms with van der Waals surface area (Å²) >= 11 is 7.83. The van der Waals surface area contributed by atoms with Gasteiger partial charge in [-0.25, -0.2) is 4.39 Å². The third-order valence-electron chi connectivity index (χ3n) is 2.52. The molecule has 2 aromatic rings. The molecule has 7 heteroatoms. The summed E-state index contributed by atoms with van der Waals surface area (Å²) in [5, 5.41) is 2.76. The van der Waals surface area contributed by atoms with E-state index in [1.54, 1.807) is 18.2 Å². The number of anilines is 2. The minimum absolute atomic E-state index is 0.114. The minimum Gasteiger partial charge on any atom is -0.399 e. The summed E-state index contributed by atoms with van der Waals surface area (Å²) in [5.41, 5.74) is 6.51. The van der Waals surface area contributed by atoms with Gasteiger partial charge in [-0.05, 0) is 52.3 Å². The molecule has 0 aliphatic rings. The Balaban J connectivity index is 1.96. The lowest BCUT2D eigenvalue weighted by molar-refractivity contribution is -0.113. The number of nitrogens with two attached hydrogens (primary N) is 1. The van der Waals surface area contributed by atoms with Crippen LogP contribution in [0, 0.1) is 5.82 Å². The third kappa shape index (κ3) is 4.72. The van der Waals surface area contributed by atoms with E-state index in [9.17, 15) is 9.18 Å². The number of amides is 1. The van der Waals surface area contributed by atoms with E-state index in [2.05, 4.69) is 37.2 Å². The molecule has 0 bridgehead atoms. The van der Waals surface area contributed by atoms with E-state index in [-0.39, 0.29) is 11.7 Å². The molecule has 0 aliphatic heterocycles. The number of carbonyl (C=O) groups excluding carboxylic acids is 1. The van der Waals surface area contributed by atoms with Gasteiger partial charge in [-0.1, -0.05) is 15.9 Å². The van der Waals surface area contributed by atoms with Crippen molar-refractivity contribution in [1.82, 2.24) is 0 Å². The topological polar surface area (TPSA) is 55.1 Å². The molecule has 110 valence electrons. The van der Waals surface area contributed by atoms with Crippen LogP contribution in [-0.4, -0.2) is 11.7 Å². The Morgan fingerprint density at radius 1 is 1.24 bits per heavy atom. The highest BCUT2D eigenvalue weighted by atomic mass is 79.9. The fraction of sp³-hybridized carbons (Fsp3) is 0.0714. The first-order valence-corrected chi connectivity index (χ1v) is 8.45. The van der Waals surface area contributed by atoms with Crippen LogP contribution in [0.15, 0.2) is 50.2 Å². The summed E-state index contributed by atoms with van der Waals surface area (Å²) < 4.78 is 15.3. The average Bonchev–Trinajstić information content (AvgIpc) is 2.41. The Morgan fingerprint density at radius 3 is 2.67 bits per heavy atom. The summed E-state index contributed by atoms with van der Waals surface area (Å²) in [6, 6.07) is 9.86. The highest BCUT2D eigenvalue weighted by molar-refractivity contribution is 9.11. The van der Waals surface area contributed by atoms with Crippen LogP contribution in [0.1, 0.15) is 0 Å². The maximum atomic E-state index is 13.6. The van der Waals surface area contributed by atoms with E-state index >= 15 is 0 Å². The lowest BCUT2D eigenvalue weighted by Gasteiger charge is -2.08. The first-order chi connectivity index (χ1) is 9.95. The molecule has 3 nitrogen and oxygen atoms in total. The first kappa shape index (κ1) is 16.3. The minimum atomic E-state index is -0.419. The van der Waals surface area contributed by atoms with Crippen molar-refractivity contribution in [3.8, 4) is 0 Å². The van der Waals surface area contributed by atoms with Gasteiger partial charge in [0.15, 0.2) is 0 Å². The Bertz CT molecular complexity index is 682.